The molecular weight excluding hydrogens is 697 g/mol. The van der Waals surface area contributed by atoms with Gasteiger partial charge in [0.15, 0.2) is 0 Å². The van der Waals surface area contributed by atoms with E-state index in [4.69, 9.17) is 0 Å². The monoisotopic (exact) mass is 732 g/mol. The van der Waals surface area contributed by atoms with Crippen molar-refractivity contribution in [2.75, 3.05) is 0 Å². The van der Waals surface area contributed by atoms with Gasteiger partial charge < -0.3 is 0 Å². The van der Waals surface area contributed by atoms with Gasteiger partial charge in [-0.15, -0.1) is 0 Å². The summed E-state index contributed by atoms with van der Waals surface area (Å²) >= 11 is 0. The fraction of sp³-hybridized carbons (Fsp3) is 0.0345. The zero-order valence-electron chi connectivity index (χ0n) is 32.3. The second-order valence-corrected chi connectivity index (χ2v) is 16.3. The Morgan fingerprint density at radius 3 is 0.862 bits per heavy atom. The van der Waals surface area contributed by atoms with Crippen molar-refractivity contribution in [2.24, 2.45) is 0 Å². The van der Waals surface area contributed by atoms with Gasteiger partial charge in [-0.1, -0.05) is 182 Å². The van der Waals surface area contributed by atoms with E-state index in [-0.39, 0.29) is 0 Å². The fourth-order valence-corrected chi connectivity index (χ4v) is 11.0. The highest BCUT2D eigenvalue weighted by atomic mass is 14.4. The lowest BCUT2D eigenvalue weighted by Crippen LogP contribution is -1.91. The third kappa shape index (κ3) is 4.09. The van der Waals surface area contributed by atoms with Crippen LogP contribution in [-0.2, 0) is 0 Å². The Hall–Kier alpha value is -7.28. The van der Waals surface area contributed by atoms with Crippen molar-refractivity contribution in [2.45, 2.75) is 13.8 Å². The Morgan fingerprint density at radius 2 is 0.500 bits per heavy atom. The molecule has 0 heterocycles. The normalized spacial score (nSPS) is 12.3. The van der Waals surface area contributed by atoms with Crippen molar-refractivity contribution in [3.8, 4) is 89.0 Å². The average molecular weight is 733 g/mol. The lowest BCUT2D eigenvalue weighted by Gasteiger charge is -2.17. The summed E-state index contributed by atoms with van der Waals surface area (Å²) in [6.45, 7) is 4.48. The second kappa shape index (κ2) is 11.6. The molecule has 0 aliphatic heterocycles. The number of rotatable bonds is 4. The number of benzene rings is 11. The molecule has 0 radical (unpaired) electrons. The molecule has 0 amide bonds. The van der Waals surface area contributed by atoms with Crippen LogP contribution in [-0.4, -0.2) is 0 Å². The minimum atomic E-state index is 1.25. The summed E-state index contributed by atoms with van der Waals surface area (Å²) in [5.74, 6) is 0. The molecule has 2 aliphatic carbocycles. The van der Waals surface area contributed by atoms with Crippen molar-refractivity contribution in [3.63, 3.8) is 0 Å². The van der Waals surface area contributed by atoms with E-state index in [0.717, 1.165) is 0 Å². The molecule has 0 nitrogen and oxygen atoms in total. The fourth-order valence-electron chi connectivity index (χ4n) is 11.0. The highest BCUT2D eigenvalue weighted by molar-refractivity contribution is 6.41. The first-order chi connectivity index (χ1) is 28.7. The van der Waals surface area contributed by atoms with E-state index in [2.05, 4.69) is 196 Å². The zero-order valence-corrected chi connectivity index (χ0v) is 32.3. The Kier molecular flexibility index (Phi) is 6.39. The van der Waals surface area contributed by atoms with Gasteiger partial charge in [0.1, 0.15) is 0 Å². The molecule has 2 aliphatic rings. The molecule has 0 heteroatoms. The van der Waals surface area contributed by atoms with Crippen LogP contribution in [0.4, 0.5) is 0 Å². The molecule has 268 valence electrons. The van der Waals surface area contributed by atoms with Crippen LogP contribution < -0.4 is 0 Å². The maximum Gasteiger partial charge on any atom is -0.00134 e. The van der Waals surface area contributed by atoms with Gasteiger partial charge in [0.25, 0.3) is 0 Å². The molecule has 11 aromatic rings. The van der Waals surface area contributed by atoms with E-state index < -0.39 is 0 Å². The first kappa shape index (κ1) is 31.9. The summed E-state index contributed by atoms with van der Waals surface area (Å²) in [6.07, 6.45) is 0. The summed E-state index contributed by atoms with van der Waals surface area (Å²) in [5, 5.41) is 10.8. The van der Waals surface area contributed by atoms with Gasteiger partial charge in [-0.3, -0.25) is 0 Å². The van der Waals surface area contributed by atoms with Gasteiger partial charge in [-0.25, -0.2) is 0 Å². The van der Waals surface area contributed by atoms with Crippen molar-refractivity contribution in [1.82, 2.24) is 0 Å². The molecular formula is C58H36. The summed E-state index contributed by atoms with van der Waals surface area (Å²) in [5.41, 5.74) is 23.6. The third-order valence-corrected chi connectivity index (χ3v) is 13.4. The van der Waals surface area contributed by atoms with Crippen LogP contribution in [0.5, 0.6) is 0 Å². The van der Waals surface area contributed by atoms with Gasteiger partial charge >= 0.3 is 0 Å². The first-order valence-electron chi connectivity index (χ1n) is 20.4. The first-order valence-corrected chi connectivity index (χ1v) is 20.4. The summed E-state index contributed by atoms with van der Waals surface area (Å²) in [6, 6.07) is 68.5. The van der Waals surface area contributed by atoms with Crippen molar-refractivity contribution in [3.05, 3.63) is 193 Å². The number of hydrogen-bond donors (Lipinski definition) is 0. The topological polar surface area (TPSA) is 0 Å². The molecule has 0 fully saturated rings. The van der Waals surface area contributed by atoms with Crippen LogP contribution in [0.2, 0.25) is 0 Å². The largest absolute Gasteiger partial charge is 0.0622 e. The SMILES string of the molecule is Cc1ccccc1-c1ccc(-c2ccccc2)c2c1-c1ccc3c4ccc5c6c(ccc(c7ccc-2c1c73)c64)-c1c(-c2ccccc2)ccc(-c2ccccc2C)c1-5. The van der Waals surface area contributed by atoms with E-state index >= 15 is 0 Å². The van der Waals surface area contributed by atoms with Gasteiger partial charge in [0, 0.05) is 0 Å². The highest BCUT2D eigenvalue weighted by Crippen LogP contribution is 2.60. The minimum absolute atomic E-state index is 1.25. The molecule has 0 spiro atoms. The summed E-state index contributed by atoms with van der Waals surface area (Å²) < 4.78 is 0. The predicted octanol–water partition coefficient (Wildman–Crippen LogP) is 16.3. The molecule has 0 bridgehead atoms. The van der Waals surface area contributed by atoms with Crippen LogP contribution >= 0.6 is 0 Å². The van der Waals surface area contributed by atoms with E-state index in [1.165, 1.54) is 143 Å². The smallest absolute Gasteiger partial charge is 0.00134 e. The molecule has 0 N–H and O–H groups in total. The molecule has 0 aromatic heterocycles. The number of fused-ring (bicyclic) bond motifs is 8. The second-order valence-electron chi connectivity index (χ2n) is 16.3. The van der Waals surface area contributed by atoms with Crippen LogP contribution in [0.25, 0.3) is 132 Å². The number of hydrogen-bond acceptors (Lipinski definition) is 0. The molecule has 0 saturated heterocycles. The van der Waals surface area contributed by atoms with Crippen molar-refractivity contribution < 1.29 is 0 Å². The lowest BCUT2D eigenvalue weighted by atomic mass is 9.86. The molecule has 0 atom stereocenters. The summed E-state index contributed by atoms with van der Waals surface area (Å²) in [7, 11) is 0. The maximum absolute atomic E-state index is 2.43. The Bertz CT molecular complexity index is 3290. The molecule has 58 heavy (non-hydrogen) atoms. The molecule has 13 rings (SSSR count). The predicted molar refractivity (Wildman–Crippen MR) is 248 cm³/mol. The van der Waals surface area contributed by atoms with Crippen LogP contribution in [0.15, 0.2) is 182 Å². The molecule has 11 aromatic carbocycles. The van der Waals surface area contributed by atoms with Gasteiger partial charge in [0.05, 0.1) is 0 Å². The van der Waals surface area contributed by atoms with Gasteiger partial charge in [-0.2, -0.15) is 0 Å². The average Bonchev–Trinajstić information content (AvgIpc) is 3.80. The van der Waals surface area contributed by atoms with E-state index in [0.29, 0.717) is 0 Å². The zero-order chi connectivity index (χ0) is 38.2. The molecule has 0 saturated carbocycles. The molecule has 0 unspecified atom stereocenters. The van der Waals surface area contributed by atoms with Gasteiger partial charge in [0.2, 0.25) is 0 Å². The van der Waals surface area contributed by atoms with E-state index in [1.54, 1.807) is 0 Å². The van der Waals surface area contributed by atoms with Crippen molar-refractivity contribution in [1.29, 1.82) is 0 Å². The Balaban J connectivity index is 1.13. The minimum Gasteiger partial charge on any atom is -0.0622 e. The van der Waals surface area contributed by atoms with E-state index in [9.17, 15) is 0 Å². The Labute approximate surface area is 337 Å². The standard InChI is InChI=1S/C58H36/c1-33-13-9-11-19-37(33)41-23-21-39(35-15-5-3-6-16-35)51-47-29-25-43-44-26-30-48-52-40(36-17-7-4-8-18-36)22-24-42(38-20-12-10-14-34(38)2)56(52)50-32-28-46(54(44)58(48)50)45-27-31-49(55(41)51)57(47)53(43)45/h3-32H,1-2H3. The number of aryl methyl sites for hydroxylation is 2. The van der Waals surface area contributed by atoms with Crippen LogP contribution in [0, 0.1) is 13.8 Å². The van der Waals surface area contributed by atoms with Gasteiger partial charge in [-0.05, 0) is 157 Å². The summed E-state index contributed by atoms with van der Waals surface area (Å²) in [4.78, 5) is 0. The lowest BCUT2D eigenvalue weighted by molar-refractivity contribution is 1.46. The van der Waals surface area contributed by atoms with Crippen LogP contribution in [0.1, 0.15) is 11.1 Å². The van der Waals surface area contributed by atoms with Crippen LogP contribution in [0.3, 0.4) is 0 Å². The quantitative estimate of drug-likeness (QED) is 0.125. The third-order valence-electron chi connectivity index (χ3n) is 13.4. The van der Waals surface area contributed by atoms with E-state index in [1.807, 2.05) is 0 Å². The Morgan fingerprint density at radius 1 is 0.207 bits per heavy atom. The highest BCUT2D eigenvalue weighted by Gasteiger charge is 2.33. The maximum atomic E-state index is 2.43. The van der Waals surface area contributed by atoms with Crippen molar-refractivity contribution >= 4 is 43.1 Å².